The molecule has 1 saturated heterocycles. The summed E-state index contributed by atoms with van der Waals surface area (Å²) in [5, 5.41) is 21.6. The molecule has 0 saturated carbocycles. The number of hydrogen-bond donors (Lipinski definition) is 3. The Morgan fingerprint density at radius 3 is 2.31 bits per heavy atom. The smallest absolute Gasteiger partial charge is 0.155 e. The van der Waals surface area contributed by atoms with Crippen LogP contribution in [0.15, 0.2) is 24.3 Å². The Labute approximate surface area is 93.6 Å². The fraction of sp³-hybridized carbons (Fsp3) is 0.400. The molecule has 0 aromatic heterocycles. The molecule has 0 unspecified atom stereocenters. The molecule has 1 aliphatic heterocycles. The van der Waals surface area contributed by atoms with E-state index in [1.54, 1.807) is 12.1 Å². The maximum atomic E-state index is 11.3. The van der Waals surface area contributed by atoms with Crippen LogP contribution < -0.4 is 5.32 Å². The maximum Gasteiger partial charge on any atom is 0.155 e. The largest absolute Gasteiger partial charge is 0.508 e. The SMILES string of the molecule is O=S1(=O)C[C@H](Nc2ccc(O)cc2)[C@@H](O)C1. The molecule has 3 N–H and O–H groups in total. The number of aliphatic hydroxyl groups excluding tert-OH is 1. The van der Waals surface area contributed by atoms with E-state index in [4.69, 9.17) is 5.11 Å². The summed E-state index contributed by atoms with van der Waals surface area (Å²) in [6.07, 6.45) is -0.876. The molecule has 5 nitrogen and oxygen atoms in total. The van der Waals surface area contributed by atoms with Gasteiger partial charge in [-0.25, -0.2) is 8.42 Å². The number of nitrogens with one attached hydrogen (secondary N) is 1. The van der Waals surface area contributed by atoms with Crippen molar-refractivity contribution in [2.75, 3.05) is 16.8 Å². The van der Waals surface area contributed by atoms with Crippen LogP contribution in [0.4, 0.5) is 5.69 Å². The minimum absolute atomic E-state index is 0.0605. The van der Waals surface area contributed by atoms with Crippen molar-refractivity contribution in [2.24, 2.45) is 0 Å². The van der Waals surface area contributed by atoms with Crippen LogP contribution >= 0.6 is 0 Å². The van der Waals surface area contributed by atoms with E-state index < -0.39 is 22.0 Å². The van der Waals surface area contributed by atoms with Gasteiger partial charge in [-0.2, -0.15) is 0 Å². The first-order chi connectivity index (χ1) is 7.46. The third-order valence-corrected chi connectivity index (χ3v) is 4.26. The highest BCUT2D eigenvalue weighted by atomic mass is 32.2. The standard InChI is InChI=1S/C10H13NO4S/c12-8-3-1-7(2-4-8)11-9-5-16(14,15)6-10(9)13/h1-4,9-13H,5-6H2/t9-,10-/m0/s1. The third-order valence-electron chi connectivity index (χ3n) is 2.54. The molecule has 0 radical (unpaired) electrons. The van der Waals surface area contributed by atoms with Gasteiger partial charge in [0.2, 0.25) is 0 Å². The number of hydrogen-bond acceptors (Lipinski definition) is 5. The Hall–Kier alpha value is -1.27. The molecule has 1 aromatic carbocycles. The van der Waals surface area contributed by atoms with E-state index in [2.05, 4.69) is 5.32 Å². The summed E-state index contributed by atoms with van der Waals surface area (Å²) in [5.41, 5.74) is 0.680. The summed E-state index contributed by atoms with van der Waals surface area (Å²) in [4.78, 5) is 0. The highest BCUT2D eigenvalue weighted by molar-refractivity contribution is 7.91. The van der Waals surface area contributed by atoms with Gasteiger partial charge in [0.05, 0.1) is 23.7 Å². The van der Waals surface area contributed by atoms with Crippen LogP contribution in [0.5, 0.6) is 5.75 Å². The van der Waals surface area contributed by atoms with E-state index in [1.165, 1.54) is 12.1 Å². The van der Waals surface area contributed by atoms with Crippen molar-refractivity contribution in [1.29, 1.82) is 0 Å². The van der Waals surface area contributed by atoms with Crippen LogP contribution in [-0.2, 0) is 9.84 Å². The van der Waals surface area contributed by atoms with Crippen molar-refractivity contribution in [3.05, 3.63) is 24.3 Å². The predicted molar refractivity (Wildman–Crippen MR) is 60.2 cm³/mol. The number of rotatable bonds is 2. The fourth-order valence-electron chi connectivity index (χ4n) is 1.74. The average molecular weight is 243 g/mol. The van der Waals surface area contributed by atoms with Crippen molar-refractivity contribution in [2.45, 2.75) is 12.1 Å². The third kappa shape index (κ3) is 2.45. The summed E-state index contributed by atoms with van der Waals surface area (Å²) < 4.78 is 22.5. The van der Waals surface area contributed by atoms with Crippen LogP contribution in [0.25, 0.3) is 0 Å². The summed E-state index contributed by atoms with van der Waals surface area (Å²) in [6, 6.07) is 5.78. The topological polar surface area (TPSA) is 86.6 Å². The normalized spacial score (nSPS) is 27.8. The highest BCUT2D eigenvalue weighted by Crippen LogP contribution is 2.19. The Morgan fingerprint density at radius 1 is 1.19 bits per heavy atom. The highest BCUT2D eigenvalue weighted by Gasteiger charge is 2.36. The molecule has 0 amide bonds. The van der Waals surface area contributed by atoms with E-state index >= 15 is 0 Å². The number of phenols is 1. The molecule has 0 aliphatic carbocycles. The lowest BCUT2D eigenvalue weighted by Gasteiger charge is -2.16. The van der Waals surface area contributed by atoms with Crippen molar-refractivity contribution in [3.8, 4) is 5.75 Å². The van der Waals surface area contributed by atoms with E-state index in [-0.39, 0.29) is 17.3 Å². The summed E-state index contributed by atoms with van der Waals surface area (Å²) in [6.45, 7) is 0. The van der Waals surface area contributed by atoms with Gasteiger partial charge in [-0.05, 0) is 24.3 Å². The van der Waals surface area contributed by atoms with Crippen LogP contribution in [0, 0.1) is 0 Å². The van der Waals surface area contributed by atoms with Crippen LogP contribution in [0.2, 0.25) is 0 Å². The lowest BCUT2D eigenvalue weighted by Crippen LogP contribution is -2.31. The first-order valence-corrected chi connectivity index (χ1v) is 6.72. The molecule has 1 aromatic rings. The first-order valence-electron chi connectivity index (χ1n) is 4.90. The van der Waals surface area contributed by atoms with Gasteiger partial charge in [0.25, 0.3) is 0 Å². The van der Waals surface area contributed by atoms with Gasteiger partial charge in [-0.15, -0.1) is 0 Å². The Kier molecular flexibility index (Phi) is 2.77. The van der Waals surface area contributed by atoms with Gasteiger partial charge >= 0.3 is 0 Å². The fourth-order valence-corrected chi connectivity index (χ4v) is 3.48. The number of sulfone groups is 1. The number of benzene rings is 1. The van der Waals surface area contributed by atoms with E-state index in [9.17, 15) is 13.5 Å². The summed E-state index contributed by atoms with van der Waals surface area (Å²) >= 11 is 0. The molecule has 1 fully saturated rings. The van der Waals surface area contributed by atoms with Gasteiger partial charge in [0, 0.05) is 5.69 Å². The molecule has 2 rings (SSSR count). The molecule has 88 valence electrons. The van der Waals surface area contributed by atoms with Crippen LogP contribution in [0.1, 0.15) is 0 Å². The molecule has 6 heteroatoms. The lowest BCUT2D eigenvalue weighted by molar-refractivity contribution is 0.190. The molecule has 1 aliphatic rings. The molecule has 0 spiro atoms. The van der Waals surface area contributed by atoms with Gasteiger partial charge in [0.1, 0.15) is 5.75 Å². The zero-order valence-electron chi connectivity index (χ0n) is 8.50. The van der Waals surface area contributed by atoms with Crippen LogP contribution in [0.3, 0.4) is 0 Å². The Balaban J connectivity index is 2.08. The second-order valence-corrected chi connectivity index (χ2v) is 6.10. The molecule has 2 atom stereocenters. The van der Waals surface area contributed by atoms with E-state index in [0.717, 1.165) is 0 Å². The summed E-state index contributed by atoms with van der Waals surface area (Å²) in [7, 11) is -3.13. The Bertz CT molecular complexity index is 468. The number of phenolic OH excluding ortho intramolecular Hbond substituents is 1. The van der Waals surface area contributed by atoms with E-state index in [0.29, 0.717) is 5.69 Å². The van der Waals surface area contributed by atoms with Gasteiger partial charge in [-0.1, -0.05) is 0 Å². The number of aliphatic hydroxyl groups is 1. The monoisotopic (exact) mass is 243 g/mol. The number of anilines is 1. The first kappa shape index (κ1) is 11.2. The zero-order valence-corrected chi connectivity index (χ0v) is 9.31. The molecule has 1 heterocycles. The molecule has 16 heavy (non-hydrogen) atoms. The second-order valence-electron chi connectivity index (χ2n) is 3.94. The average Bonchev–Trinajstić information content (AvgIpc) is 2.44. The van der Waals surface area contributed by atoms with E-state index in [1.807, 2.05) is 0 Å². The second kappa shape index (κ2) is 3.95. The Morgan fingerprint density at radius 2 is 1.81 bits per heavy atom. The number of aromatic hydroxyl groups is 1. The predicted octanol–water partition coefficient (Wildman–Crippen LogP) is -0.0380. The van der Waals surface area contributed by atoms with Gasteiger partial charge < -0.3 is 15.5 Å². The summed E-state index contributed by atoms with van der Waals surface area (Å²) in [5.74, 6) is -0.109. The van der Waals surface area contributed by atoms with Crippen molar-refractivity contribution >= 4 is 15.5 Å². The maximum absolute atomic E-state index is 11.3. The van der Waals surface area contributed by atoms with Crippen molar-refractivity contribution < 1.29 is 18.6 Å². The van der Waals surface area contributed by atoms with Crippen molar-refractivity contribution in [3.63, 3.8) is 0 Å². The quantitative estimate of drug-likeness (QED) is 0.635. The van der Waals surface area contributed by atoms with Gasteiger partial charge in [0.15, 0.2) is 9.84 Å². The molecular formula is C10H13NO4S. The van der Waals surface area contributed by atoms with Gasteiger partial charge in [-0.3, -0.25) is 0 Å². The lowest BCUT2D eigenvalue weighted by atomic mass is 10.2. The van der Waals surface area contributed by atoms with Crippen molar-refractivity contribution in [1.82, 2.24) is 0 Å². The molecular weight excluding hydrogens is 230 g/mol. The molecule has 0 bridgehead atoms. The zero-order chi connectivity index (χ0) is 11.8. The minimum Gasteiger partial charge on any atom is -0.508 e. The van der Waals surface area contributed by atoms with Crippen LogP contribution in [-0.4, -0.2) is 42.3 Å². The minimum atomic E-state index is -3.13.